The molecule has 3 aromatic rings. The van der Waals surface area contributed by atoms with Gasteiger partial charge in [0.1, 0.15) is 5.82 Å². The molecule has 0 unspecified atom stereocenters. The Labute approximate surface area is 157 Å². The third-order valence-corrected chi connectivity index (χ3v) is 4.64. The fraction of sp³-hybridized carbons (Fsp3) is 0.286. The quantitative estimate of drug-likeness (QED) is 0.492. The highest BCUT2D eigenvalue weighted by Crippen LogP contribution is 2.26. The maximum absolute atomic E-state index is 13.1. The van der Waals surface area contributed by atoms with E-state index in [9.17, 15) is 9.18 Å². The number of nitrogens with two attached hydrogens (primary N) is 2. The predicted molar refractivity (Wildman–Crippen MR) is 107 cm³/mol. The molecule has 0 radical (unpaired) electrons. The second-order valence-electron chi connectivity index (χ2n) is 6.75. The first kappa shape index (κ1) is 19.1. The Morgan fingerprint density at radius 3 is 2.63 bits per heavy atom. The van der Waals surface area contributed by atoms with Gasteiger partial charge in [0.2, 0.25) is 5.91 Å². The lowest BCUT2D eigenvalue weighted by Gasteiger charge is -2.12. The average Bonchev–Trinajstić information content (AvgIpc) is 3.07. The van der Waals surface area contributed by atoms with E-state index in [0.717, 1.165) is 40.4 Å². The standard InChI is InChI=1S/C21H25FN4O/c22-17-6-3-14(4-7-17)15-5-8-20-19(10-15)16(12-25-20)11-21(27)26-13-18(24)2-1-9-23/h3-8,10,12,18,25H,1-2,9,11,13,23-24H2,(H,26,27)/t18-/m0/s1. The molecule has 0 fully saturated rings. The highest BCUT2D eigenvalue weighted by molar-refractivity contribution is 5.91. The predicted octanol–water partition coefficient (Wildman–Crippen LogP) is 2.70. The number of benzene rings is 2. The normalized spacial score (nSPS) is 12.3. The zero-order valence-corrected chi connectivity index (χ0v) is 15.2. The number of aromatic amines is 1. The molecule has 1 heterocycles. The van der Waals surface area contributed by atoms with Crippen LogP contribution in [0.15, 0.2) is 48.7 Å². The molecule has 0 saturated heterocycles. The molecule has 0 aliphatic carbocycles. The molecule has 0 aliphatic rings. The van der Waals surface area contributed by atoms with Gasteiger partial charge in [0.05, 0.1) is 6.42 Å². The van der Waals surface area contributed by atoms with E-state index in [4.69, 9.17) is 11.5 Å². The number of hydrogen-bond acceptors (Lipinski definition) is 3. The van der Waals surface area contributed by atoms with Crippen LogP contribution in [0.25, 0.3) is 22.0 Å². The van der Waals surface area contributed by atoms with Crippen LogP contribution in [0.4, 0.5) is 4.39 Å². The van der Waals surface area contributed by atoms with Gasteiger partial charge in [-0.25, -0.2) is 4.39 Å². The molecule has 6 N–H and O–H groups in total. The summed E-state index contributed by atoms with van der Waals surface area (Å²) in [6.07, 6.45) is 3.78. The van der Waals surface area contributed by atoms with E-state index >= 15 is 0 Å². The van der Waals surface area contributed by atoms with Crippen molar-refractivity contribution < 1.29 is 9.18 Å². The number of fused-ring (bicyclic) bond motifs is 1. The van der Waals surface area contributed by atoms with Crippen molar-refractivity contribution >= 4 is 16.8 Å². The topological polar surface area (TPSA) is 96.9 Å². The first-order valence-electron chi connectivity index (χ1n) is 9.15. The first-order valence-corrected chi connectivity index (χ1v) is 9.15. The Morgan fingerprint density at radius 2 is 1.89 bits per heavy atom. The van der Waals surface area contributed by atoms with Gasteiger partial charge < -0.3 is 21.8 Å². The second-order valence-corrected chi connectivity index (χ2v) is 6.75. The second kappa shape index (κ2) is 8.79. The molecule has 5 nitrogen and oxygen atoms in total. The lowest BCUT2D eigenvalue weighted by Crippen LogP contribution is -2.38. The van der Waals surface area contributed by atoms with Crippen molar-refractivity contribution in [1.29, 1.82) is 0 Å². The summed E-state index contributed by atoms with van der Waals surface area (Å²) < 4.78 is 13.1. The summed E-state index contributed by atoms with van der Waals surface area (Å²) in [4.78, 5) is 15.5. The van der Waals surface area contributed by atoms with Crippen LogP contribution in [0.2, 0.25) is 0 Å². The van der Waals surface area contributed by atoms with Crippen molar-refractivity contribution in [2.24, 2.45) is 11.5 Å². The fourth-order valence-corrected chi connectivity index (χ4v) is 3.11. The van der Waals surface area contributed by atoms with E-state index in [2.05, 4.69) is 10.3 Å². The van der Waals surface area contributed by atoms with Gasteiger partial charge in [-0.05, 0) is 60.3 Å². The minimum absolute atomic E-state index is 0.0636. The zero-order chi connectivity index (χ0) is 19.2. The average molecular weight is 368 g/mol. The Balaban J connectivity index is 1.70. The zero-order valence-electron chi connectivity index (χ0n) is 15.2. The van der Waals surface area contributed by atoms with Crippen LogP contribution in [0.1, 0.15) is 18.4 Å². The van der Waals surface area contributed by atoms with Crippen molar-refractivity contribution in [1.82, 2.24) is 10.3 Å². The van der Waals surface area contributed by atoms with E-state index in [0.29, 0.717) is 13.1 Å². The number of carbonyl (C=O) groups is 1. The lowest BCUT2D eigenvalue weighted by molar-refractivity contribution is -0.120. The molecule has 0 saturated carbocycles. The molecular formula is C21H25FN4O. The summed E-state index contributed by atoms with van der Waals surface area (Å²) in [5, 5.41) is 3.87. The van der Waals surface area contributed by atoms with Crippen LogP contribution in [0, 0.1) is 5.82 Å². The van der Waals surface area contributed by atoms with Crippen LogP contribution >= 0.6 is 0 Å². The highest BCUT2D eigenvalue weighted by atomic mass is 19.1. The smallest absolute Gasteiger partial charge is 0.224 e. The number of carbonyl (C=O) groups excluding carboxylic acids is 1. The van der Waals surface area contributed by atoms with E-state index < -0.39 is 0 Å². The van der Waals surface area contributed by atoms with E-state index in [1.165, 1.54) is 12.1 Å². The van der Waals surface area contributed by atoms with Gasteiger partial charge >= 0.3 is 0 Å². The van der Waals surface area contributed by atoms with Gasteiger partial charge in [-0.3, -0.25) is 4.79 Å². The van der Waals surface area contributed by atoms with Gasteiger partial charge in [0.15, 0.2) is 0 Å². The van der Waals surface area contributed by atoms with E-state index in [1.54, 1.807) is 12.1 Å². The largest absolute Gasteiger partial charge is 0.361 e. The van der Waals surface area contributed by atoms with Gasteiger partial charge in [-0.2, -0.15) is 0 Å². The van der Waals surface area contributed by atoms with Gasteiger partial charge in [0.25, 0.3) is 0 Å². The summed E-state index contributed by atoms with van der Waals surface area (Å²) in [7, 11) is 0. The molecule has 0 aliphatic heterocycles. The number of amides is 1. The van der Waals surface area contributed by atoms with Crippen LogP contribution in [0.3, 0.4) is 0 Å². The van der Waals surface area contributed by atoms with E-state index in [-0.39, 0.29) is 24.2 Å². The van der Waals surface area contributed by atoms with Crippen molar-refractivity contribution in [2.45, 2.75) is 25.3 Å². The molecule has 6 heteroatoms. The number of H-pyrrole nitrogens is 1. The minimum atomic E-state index is -0.261. The molecule has 27 heavy (non-hydrogen) atoms. The number of nitrogens with one attached hydrogen (secondary N) is 2. The Hall–Kier alpha value is -2.70. The van der Waals surface area contributed by atoms with Crippen LogP contribution in [0.5, 0.6) is 0 Å². The fourth-order valence-electron chi connectivity index (χ4n) is 3.11. The van der Waals surface area contributed by atoms with Gasteiger partial charge in [0, 0.05) is 29.7 Å². The number of hydrogen-bond donors (Lipinski definition) is 4. The summed E-state index contributed by atoms with van der Waals surface area (Å²) in [6.45, 7) is 1.05. The Bertz CT molecular complexity index is 904. The van der Waals surface area contributed by atoms with Crippen molar-refractivity contribution in [3.05, 3.63) is 60.0 Å². The van der Waals surface area contributed by atoms with Crippen LogP contribution in [-0.4, -0.2) is 30.0 Å². The van der Waals surface area contributed by atoms with Crippen molar-refractivity contribution in [2.75, 3.05) is 13.1 Å². The molecule has 0 spiro atoms. The number of halogens is 1. The van der Waals surface area contributed by atoms with Crippen LogP contribution in [-0.2, 0) is 11.2 Å². The Morgan fingerprint density at radius 1 is 1.15 bits per heavy atom. The summed E-state index contributed by atoms with van der Waals surface area (Å²) in [5.74, 6) is -0.324. The minimum Gasteiger partial charge on any atom is -0.361 e. The summed E-state index contributed by atoms with van der Waals surface area (Å²) >= 11 is 0. The lowest BCUT2D eigenvalue weighted by atomic mass is 10.0. The molecule has 1 atom stereocenters. The third-order valence-electron chi connectivity index (χ3n) is 4.64. The van der Waals surface area contributed by atoms with Crippen molar-refractivity contribution in [3.8, 4) is 11.1 Å². The first-order chi connectivity index (χ1) is 13.1. The van der Waals surface area contributed by atoms with Crippen molar-refractivity contribution in [3.63, 3.8) is 0 Å². The molecular weight excluding hydrogens is 343 g/mol. The van der Waals surface area contributed by atoms with E-state index in [1.807, 2.05) is 24.4 Å². The Kier molecular flexibility index (Phi) is 6.21. The third kappa shape index (κ3) is 4.93. The SMILES string of the molecule is NCCC[C@H](N)CNC(=O)Cc1c[nH]c2ccc(-c3ccc(F)cc3)cc12. The monoisotopic (exact) mass is 368 g/mol. The molecule has 142 valence electrons. The van der Waals surface area contributed by atoms with Gasteiger partial charge in [-0.1, -0.05) is 18.2 Å². The summed E-state index contributed by atoms with van der Waals surface area (Å²) in [5.41, 5.74) is 15.2. The molecule has 2 aromatic carbocycles. The maximum Gasteiger partial charge on any atom is 0.224 e. The molecule has 0 bridgehead atoms. The van der Waals surface area contributed by atoms with Gasteiger partial charge in [-0.15, -0.1) is 0 Å². The summed E-state index contributed by atoms with van der Waals surface area (Å²) in [6, 6.07) is 12.3. The molecule has 3 rings (SSSR count). The molecule has 1 amide bonds. The molecule has 1 aromatic heterocycles. The highest BCUT2D eigenvalue weighted by Gasteiger charge is 2.11. The maximum atomic E-state index is 13.1. The number of aromatic nitrogens is 1. The number of rotatable bonds is 8. The van der Waals surface area contributed by atoms with Crippen LogP contribution < -0.4 is 16.8 Å².